The lowest BCUT2D eigenvalue weighted by Crippen LogP contribution is -2.43. The fourth-order valence-electron chi connectivity index (χ4n) is 2.87. The third-order valence-corrected chi connectivity index (χ3v) is 4.83. The van der Waals surface area contributed by atoms with Gasteiger partial charge in [-0.05, 0) is 37.3 Å². The number of anilines is 1. The molecule has 6 nitrogen and oxygen atoms in total. The predicted octanol–water partition coefficient (Wildman–Crippen LogP) is 1.37. The second kappa shape index (κ2) is 7.02. The van der Waals surface area contributed by atoms with Gasteiger partial charge in [-0.1, -0.05) is 0 Å². The highest BCUT2D eigenvalue weighted by atomic mass is 32.1. The average Bonchev–Trinajstić information content (AvgIpc) is 3.03. The van der Waals surface area contributed by atoms with Crippen LogP contribution >= 0.6 is 11.3 Å². The van der Waals surface area contributed by atoms with Gasteiger partial charge in [0.1, 0.15) is 17.0 Å². The molecule has 2 aromatic heterocycles. The lowest BCUT2D eigenvalue weighted by molar-refractivity contribution is -0.125. The zero-order valence-corrected chi connectivity index (χ0v) is 13.3. The number of thiophene rings is 1. The quantitative estimate of drug-likeness (QED) is 0.813. The Labute approximate surface area is 133 Å². The lowest BCUT2D eigenvalue weighted by Gasteiger charge is -2.33. The van der Waals surface area contributed by atoms with Gasteiger partial charge >= 0.3 is 0 Å². The Morgan fingerprint density at radius 3 is 3.27 bits per heavy atom. The van der Waals surface area contributed by atoms with Gasteiger partial charge in [-0.2, -0.15) is 0 Å². The van der Waals surface area contributed by atoms with E-state index in [-0.39, 0.29) is 11.8 Å². The molecule has 1 aliphatic rings. The Hall–Kier alpha value is -1.73. The van der Waals surface area contributed by atoms with Gasteiger partial charge in [-0.15, -0.1) is 11.3 Å². The molecule has 0 spiro atoms. The van der Waals surface area contributed by atoms with E-state index >= 15 is 0 Å². The molecule has 1 fully saturated rings. The van der Waals surface area contributed by atoms with Crippen molar-refractivity contribution in [2.24, 2.45) is 11.7 Å². The number of rotatable bonds is 5. The summed E-state index contributed by atoms with van der Waals surface area (Å²) in [5, 5.41) is 6.09. The number of aromatic nitrogens is 2. The van der Waals surface area contributed by atoms with Gasteiger partial charge in [0.05, 0.1) is 11.3 Å². The number of hydrogen-bond acceptors (Lipinski definition) is 6. The van der Waals surface area contributed by atoms with Crippen molar-refractivity contribution in [3.63, 3.8) is 0 Å². The molecule has 0 radical (unpaired) electrons. The predicted molar refractivity (Wildman–Crippen MR) is 89.0 cm³/mol. The first kappa shape index (κ1) is 15.2. The van der Waals surface area contributed by atoms with Gasteiger partial charge in [0, 0.05) is 19.6 Å². The van der Waals surface area contributed by atoms with Crippen LogP contribution in [0.5, 0.6) is 0 Å². The molecule has 1 saturated heterocycles. The Morgan fingerprint density at radius 2 is 2.41 bits per heavy atom. The Kier molecular flexibility index (Phi) is 4.84. The third-order valence-electron chi connectivity index (χ3n) is 4.01. The molecule has 3 heterocycles. The number of piperidine rings is 1. The highest BCUT2D eigenvalue weighted by molar-refractivity contribution is 7.16. The highest BCUT2D eigenvalue weighted by Crippen LogP contribution is 2.29. The topological polar surface area (TPSA) is 84.1 Å². The summed E-state index contributed by atoms with van der Waals surface area (Å²) >= 11 is 1.62. The molecule has 1 unspecified atom stereocenters. The fraction of sp³-hybridized carbons (Fsp3) is 0.533. The van der Waals surface area contributed by atoms with Gasteiger partial charge in [0.25, 0.3) is 0 Å². The maximum absolute atomic E-state index is 12.3. The molecule has 1 aliphatic heterocycles. The van der Waals surface area contributed by atoms with E-state index in [9.17, 15) is 4.79 Å². The molecule has 1 amide bonds. The summed E-state index contributed by atoms with van der Waals surface area (Å²) in [4.78, 5) is 24.2. The minimum atomic E-state index is 0.0233. The molecule has 0 aromatic carbocycles. The summed E-state index contributed by atoms with van der Waals surface area (Å²) in [7, 11) is 0. The van der Waals surface area contributed by atoms with Crippen LogP contribution in [0.4, 0.5) is 5.82 Å². The van der Waals surface area contributed by atoms with E-state index in [1.807, 2.05) is 5.38 Å². The number of nitrogens with two attached hydrogens (primary N) is 1. The lowest BCUT2D eigenvalue weighted by atomic mass is 9.97. The van der Waals surface area contributed by atoms with Crippen LogP contribution in [-0.4, -0.2) is 42.1 Å². The molecule has 3 N–H and O–H groups in total. The van der Waals surface area contributed by atoms with Crippen LogP contribution in [-0.2, 0) is 4.79 Å². The smallest absolute Gasteiger partial charge is 0.224 e. The first-order chi connectivity index (χ1) is 10.8. The molecular weight excluding hydrogens is 298 g/mol. The van der Waals surface area contributed by atoms with E-state index in [1.54, 1.807) is 17.7 Å². The van der Waals surface area contributed by atoms with Crippen molar-refractivity contribution in [2.75, 3.05) is 31.1 Å². The molecule has 0 bridgehead atoms. The van der Waals surface area contributed by atoms with Crippen molar-refractivity contribution in [3.05, 3.63) is 17.8 Å². The van der Waals surface area contributed by atoms with Crippen LogP contribution in [0.3, 0.4) is 0 Å². The van der Waals surface area contributed by atoms with Crippen LogP contribution in [0.2, 0.25) is 0 Å². The second-order valence-electron chi connectivity index (χ2n) is 5.56. The third kappa shape index (κ3) is 3.20. The van der Waals surface area contributed by atoms with E-state index in [0.717, 1.165) is 48.4 Å². The maximum Gasteiger partial charge on any atom is 0.224 e. The normalized spacial score (nSPS) is 18.6. The van der Waals surface area contributed by atoms with Gasteiger partial charge in [-0.25, -0.2) is 9.97 Å². The van der Waals surface area contributed by atoms with E-state index in [1.165, 1.54) is 0 Å². The summed E-state index contributed by atoms with van der Waals surface area (Å²) in [5.41, 5.74) is 5.46. The minimum Gasteiger partial charge on any atom is -0.356 e. The molecule has 7 heteroatoms. The molecule has 0 aliphatic carbocycles. The largest absolute Gasteiger partial charge is 0.356 e. The van der Waals surface area contributed by atoms with E-state index in [4.69, 9.17) is 5.73 Å². The van der Waals surface area contributed by atoms with Gasteiger partial charge in [-0.3, -0.25) is 4.79 Å². The Balaban J connectivity index is 1.70. The zero-order valence-electron chi connectivity index (χ0n) is 12.5. The van der Waals surface area contributed by atoms with Gasteiger partial charge in [0.2, 0.25) is 5.91 Å². The summed E-state index contributed by atoms with van der Waals surface area (Å²) in [6, 6.07) is 2.06. The maximum atomic E-state index is 12.3. The van der Waals surface area contributed by atoms with Crippen LogP contribution in [0.25, 0.3) is 10.2 Å². The number of nitrogens with zero attached hydrogens (tertiary/aromatic N) is 3. The van der Waals surface area contributed by atoms with Gasteiger partial charge in [0.15, 0.2) is 0 Å². The number of nitrogens with one attached hydrogen (secondary N) is 1. The number of carbonyl (C=O) groups excluding carboxylic acids is 1. The monoisotopic (exact) mass is 319 g/mol. The van der Waals surface area contributed by atoms with Crippen LogP contribution in [0, 0.1) is 5.92 Å². The fourth-order valence-corrected chi connectivity index (χ4v) is 3.60. The Bertz CT molecular complexity index is 644. The Morgan fingerprint density at radius 1 is 1.50 bits per heavy atom. The molecule has 22 heavy (non-hydrogen) atoms. The van der Waals surface area contributed by atoms with Crippen molar-refractivity contribution < 1.29 is 4.79 Å². The standard InChI is InChI=1S/C15H21N5OS/c16-5-2-6-17-14(21)11-3-1-7-20(9-11)13-12-4-8-22-15(12)19-10-18-13/h4,8,10-11H,1-3,5-7,9,16H2,(H,17,21). The summed E-state index contributed by atoms with van der Waals surface area (Å²) in [6.07, 6.45) is 4.37. The summed E-state index contributed by atoms with van der Waals surface area (Å²) in [6.45, 7) is 2.92. The first-order valence-electron chi connectivity index (χ1n) is 7.70. The van der Waals surface area contributed by atoms with Crippen LogP contribution in [0.15, 0.2) is 17.8 Å². The first-order valence-corrected chi connectivity index (χ1v) is 8.58. The van der Waals surface area contributed by atoms with E-state index < -0.39 is 0 Å². The molecule has 2 aromatic rings. The van der Waals surface area contributed by atoms with Crippen molar-refractivity contribution in [2.45, 2.75) is 19.3 Å². The second-order valence-corrected chi connectivity index (χ2v) is 6.45. The van der Waals surface area contributed by atoms with Crippen molar-refractivity contribution >= 4 is 33.3 Å². The van der Waals surface area contributed by atoms with Crippen LogP contribution in [0.1, 0.15) is 19.3 Å². The van der Waals surface area contributed by atoms with Crippen molar-refractivity contribution in [3.8, 4) is 0 Å². The molecule has 3 rings (SSSR count). The number of amides is 1. The van der Waals surface area contributed by atoms with E-state index in [2.05, 4.69) is 26.3 Å². The number of carbonyl (C=O) groups is 1. The average molecular weight is 319 g/mol. The van der Waals surface area contributed by atoms with Crippen LogP contribution < -0.4 is 16.0 Å². The highest BCUT2D eigenvalue weighted by Gasteiger charge is 2.27. The zero-order chi connectivity index (χ0) is 15.4. The number of hydrogen-bond donors (Lipinski definition) is 2. The molecule has 118 valence electrons. The van der Waals surface area contributed by atoms with Crippen molar-refractivity contribution in [1.29, 1.82) is 0 Å². The minimum absolute atomic E-state index is 0.0233. The molecule has 1 atom stereocenters. The summed E-state index contributed by atoms with van der Waals surface area (Å²) < 4.78 is 0. The summed E-state index contributed by atoms with van der Waals surface area (Å²) in [5.74, 6) is 1.11. The molecular formula is C15H21N5OS. The number of fused-ring (bicyclic) bond motifs is 1. The SMILES string of the molecule is NCCCNC(=O)C1CCCN(c2ncnc3sccc23)C1. The molecule has 0 saturated carbocycles. The van der Waals surface area contributed by atoms with E-state index in [0.29, 0.717) is 13.1 Å². The van der Waals surface area contributed by atoms with Gasteiger partial charge < -0.3 is 16.0 Å². The van der Waals surface area contributed by atoms with Crippen molar-refractivity contribution in [1.82, 2.24) is 15.3 Å².